The van der Waals surface area contributed by atoms with Gasteiger partial charge in [0, 0.05) is 11.6 Å². The van der Waals surface area contributed by atoms with E-state index in [1.165, 1.54) is 12.8 Å². The smallest absolute Gasteiger partial charge is 0.224 e. The van der Waals surface area contributed by atoms with Gasteiger partial charge in [-0.3, -0.25) is 4.79 Å². The summed E-state index contributed by atoms with van der Waals surface area (Å²) in [6.45, 7) is 4.52. The Morgan fingerprint density at radius 1 is 1.29 bits per heavy atom. The van der Waals surface area contributed by atoms with Crippen LogP contribution in [0.1, 0.15) is 44.2 Å². The summed E-state index contributed by atoms with van der Waals surface area (Å²) >= 11 is 4.92. The molecule has 3 nitrogen and oxygen atoms in total. The van der Waals surface area contributed by atoms with Gasteiger partial charge < -0.3 is 11.1 Å². The van der Waals surface area contributed by atoms with E-state index in [0.717, 1.165) is 23.5 Å². The largest absolute Gasteiger partial charge is 0.389 e. The topological polar surface area (TPSA) is 55.1 Å². The maximum atomic E-state index is 12.2. The van der Waals surface area contributed by atoms with Crippen LogP contribution in [0.3, 0.4) is 0 Å². The molecule has 2 rings (SSSR count). The highest BCUT2D eigenvalue weighted by Crippen LogP contribution is 2.28. The fourth-order valence-electron chi connectivity index (χ4n) is 3.11. The van der Waals surface area contributed by atoms with Crippen LogP contribution in [0.5, 0.6) is 0 Å². The number of benzene rings is 1. The zero-order valence-corrected chi connectivity index (χ0v) is 13.6. The molecule has 0 heterocycles. The van der Waals surface area contributed by atoms with Crippen molar-refractivity contribution in [2.75, 3.05) is 0 Å². The number of hydrogen-bond acceptors (Lipinski definition) is 2. The van der Waals surface area contributed by atoms with Gasteiger partial charge in [0.2, 0.25) is 5.91 Å². The molecule has 1 aliphatic rings. The summed E-state index contributed by atoms with van der Waals surface area (Å²) in [5.41, 5.74) is 7.39. The molecule has 21 heavy (non-hydrogen) atoms. The zero-order valence-electron chi connectivity index (χ0n) is 12.8. The van der Waals surface area contributed by atoms with Crippen LogP contribution >= 0.6 is 12.2 Å². The number of nitrogens with two attached hydrogens (primary N) is 1. The number of thiocarbonyl (C=S) groups is 1. The Bertz CT molecular complexity index is 512. The normalized spacial score (nSPS) is 25.3. The monoisotopic (exact) mass is 304 g/mol. The molecule has 0 aromatic heterocycles. The van der Waals surface area contributed by atoms with E-state index in [4.69, 9.17) is 18.0 Å². The van der Waals surface area contributed by atoms with E-state index in [1.54, 1.807) is 0 Å². The Kier molecular flexibility index (Phi) is 5.34. The van der Waals surface area contributed by atoms with E-state index in [1.807, 2.05) is 24.3 Å². The van der Waals surface area contributed by atoms with Crippen molar-refractivity contribution in [3.05, 3.63) is 35.4 Å². The van der Waals surface area contributed by atoms with Gasteiger partial charge in [-0.1, -0.05) is 50.3 Å². The first-order valence-corrected chi connectivity index (χ1v) is 8.04. The number of carbonyl (C=O) groups excluding carboxylic acids is 1. The van der Waals surface area contributed by atoms with Crippen molar-refractivity contribution in [2.24, 2.45) is 17.6 Å². The highest BCUT2D eigenvalue weighted by atomic mass is 32.1. The SMILES string of the molecule is CC1CCC(NC(=O)Cc2ccc(C(N)=S)cc2)C(C)C1. The molecule has 0 saturated heterocycles. The number of hydrogen-bond donors (Lipinski definition) is 2. The van der Waals surface area contributed by atoms with E-state index < -0.39 is 0 Å². The average Bonchev–Trinajstić information content (AvgIpc) is 2.42. The first-order chi connectivity index (χ1) is 9.95. The molecule has 3 atom stereocenters. The molecule has 114 valence electrons. The Morgan fingerprint density at radius 3 is 2.52 bits per heavy atom. The highest BCUT2D eigenvalue weighted by molar-refractivity contribution is 7.80. The van der Waals surface area contributed by atoms with Crippen molar-refractivity contribution < 1.29 is 4.79 Å². The van der Waals surface area contributed by atoms with E-state index in [2.05, 4.69) is 19.2 Å². The maximum absolute atomic E-state index is 12.2. The third kappa shape index (κ3) is 4.53. The zero-order chi connectivity index (χ0) is 15.4. The fourth-order valence-corrected chi connectivity index (χ4v) is 3.25. The summed E-state index contributed by atoms with van der Waals surface area (Å²) in [7, 11) is 0. The van der Waals surface area contributed by atoms with Gasteiger partial charge in [-0.15, -0.1) is 0 Å². The first-order valence-electron chi connectivity index (χ1n) is 7.64. The van der Waals surface area contributed by atoms with Crippen LogP contribution in [-0.2, 0) is 11.2 Å². The van der Waals surface area contributed by atoms with E-state index in [9.17, 15) is 4.79 Å². The lowest BCUT2D eigenvalue weighted by Gasteiger charge is -2.33. The molecule has 1 saturated carbocycles. The second kappa shape index (κ2) is 7.03. The molecule has 3 N–H and O–H groups in total. The Labute approximate surface area is 132 Å². The molecular weight excluding hydrogens is 280 g/mol. The number of amides is 1. The molecule has 0 aliphatic heterocycles. The van der Waals surface area contributed by atoms with Crippen molar-refractivity contribution >= 4 is 23.1 Å². The molecule has 1 aromatic carbocycles. The van der Waals surface area contributed by atoms with Crippen molar-refractivity contribution in [2.45, 2.75) is 45.6 Å². The quantitative estimate of drug-likeness (QED) is 0.841. The molecule has 0 bridgehead atoms. The molecule has 1 aliphatic carbocycles. The summed E-state index contributed by atoms with van der Waals surface area (Å²) in [4.78, 5) is 12.6. The number of nitrogens with one attached hydrogen (secondary N) is 1. The van der Waals surface area contributed by atoms with E-state index in [-0.39, 0.29) is 5.91 Å². The summed E-state index contributed by atoms with van der Waals surface area (Å²) in [6, 6.07) is 7.90. The minimum Gasteiger partial charge on any atom is -0.389 e. The van der Waals surface area contributed by atoms with Crippen LogP contribution in [0, 0.1) is 11.8 Å². The Hall–Kier alpha value is -1.42. The van der Waals surface area contributed by atoms with Gasteiger partial charge in [0.05, 0.1) is 6.42 Å². The van der Waals surface area contributed by atoms with E-state index >= 15 is 0 Å². The van der Waals surface area contributed by atoms with Gasteiger partial charge in [-0.05, 0) is 36.7 Å². The predicted molar refractivity (Wildman–Crippen MR) is 90.1 cm³/mol. The Morgan fingerprint density at radius 2 is 1.95 bits per heavy atom. The van der Waals surface area contributed by atoms with Crippen molar-refractivity contribution in [1.29, 1.82) is 0 Å². The third-order valence-electron chi connectivity index (χ3n) is 4.38. The van der Waals surface area contributed by atoms with Crippen LogP contribution in [-0.4, -0.2) is 16.9 Å². The predicted octanol–water partition coefficient (Wildman–Crippen LogP) is 2.80. The first kappa shape index (κ1) is 16.0. The number of carbonyl (C=O) groups is 1. The van der Waals surface area contributed by atoms with E-state index in [0.29, 0.717) is 23.4 Å². The van der Waals surface area contributed by atoms with Gasteiger partial charge >= 0.3 is 0 Å². The lowest BCUT2D eigenvalue weighted by molar-refractivity contribution is -0.121. The van der Waals surface area contributed by atoms with Gasteiger partial charge in [0.25, 0.3) is 0 Å². The average molecular weight is 304 g/mol. The van der Waals surface area contributed by atoms with Crippen LogP contribution in [0.2, 0.25) is 0 Å². The van der Waals surface area contributed by atoms with Crippen LogP contribution in [0.15, 0.2) is 24.3 Å². The van der Waals surface area contributed by atoms with Gasteiger partial charge in [-0.25, -0.2) is 0 Å². The molecule has 0 spiro atoms. The molecule has 1 aromatic rings. The fraction of sp³-hybridized carbons (Fsp3) is 0.529. The molecule has 0 radical (unpaired) electrons. The van der Waals surface area contributed by atoms with Crippen LogP contribution in [0.25, 0.3) is 0 Å². The second-order valence-corrected chi connectivity index (χ2v) is 6.75. The summed E-state index contributed by atoms with van der Waals surface area (Å²) in [5, 5.41) is 3.19. The minimum absolute atomic E-state index is 0.101. The molecule has 1 fully saturated rings. The van der Waals surface area contributed by atoms with Crippen LogP contribution < -0.4 is 11.1 Å². The number of rotatable bonds is 4. The molecule has 1 amide bonds. The second-order valence-electron chi connectivity index (χ2n) is 6.31. The van der Waals surface area contributed by atoms with Gasteiger partial charge in [-0.2, -0.15) is 0 Å². The summed E-state index contributed by atoms with van der Waals surface area (Å²) in [6.07, 6.45) is 3.91. The highest BCUT2D eigenvalue weighted by Gasteiger charge is 2.26. The lowest BCUT2D eigenvalue weighted by Crippen LogP contribution is -2.43. The molecule has 4 heteroatoms. The third-order valence-corrected chi connectivity index (χ3v) is 4.62. The van der Waals surface area contributed by atoms with Gasteiger partial charge in [0.15, 0.2) is 0 Å². The molecule has 3 unspecified atom stereocenters. The van der Waals surface area contributed by atoms with Crippen LogP contribution in [0.4, 0.5) is 0 Å². The van der Waals surface area contributed by atoms with Crippen molar-refractivity contribution in [3.8, 4) is 0 Å². The van der Waals surface area contributed by atoms with Gasteiger partial charge in [0.1, 0.15) is 4.99 Å². The standard InChI is InChI=1S/C17H24N2OS/c1-11-3-8-15(12(2)9-11)19-16(20)10-13-4-6-14(7-5-13)17(18)21/h4-7,11-12,15H,3,8-10H2,1-2H3,(H2,18,21)(H,19,20). The summed E-state index contributed by atoms with van der Waals surface area (Å²) in [5.74, 6) is 1.44. The summed E-state index contributed by atoms with van der Waals surface area (Å²) < 4.78 is 0. The Balaban J connectivity index is 1.88. The lowest BCUT2D eigenvalue weighted by atomic mass is 9.80. The molecular formula is C17H24N2OS. The van der Waals surface area contributed by atoms with Crippen molar-refractivity contribution in [3.63, 3.8) is 0 Å². The minimum atomic E-state index is 0.101. The van der Waals surface area contributed by atoms with Crippen molar-refractivity contribution in [1.82, 2.24) is 5.32 Å². The maximum Gasteiger partial charge on any atom is 0.224 e.